The van der Waals surface area contributed by atoms with Gasteiger partial charge in [-0.25, -0.2) is 0 Å². The van der Waals surface area contributed by atoms with Crippen LogP contribution in [0.3, 0.4) is 0 Å². The number of rotatable bonds is 5. The van der Waals surface area contributed by atoms with Crippen molar-refractivity contribution < 1.29 is 9.59 Å². The quantitative estimate of drug-likeness (QED) is 0.773. The fourth-order valence-electron chi connectivity index (χ4n) is 4.12. The average Bonchev–Trinajstić information content (AvgIpc) is 2.97. The number of anilines is 1. The van der Waals surface area contributed by atoms with Gasteiger partial charge in [-0.2, -0.15) is 0 Å². The van der Waals surface area contributed by atoms with Gasteiger partial charge in [0.2, 0.25) is 11.8 Å². The van der Waals surface area contributed by atoms with E-state index in [1.807, 2.05) is 6.92 Å². The molecule has 28 heavy (non-hydrogen) atoms. The molecule has 0 bridgehead atoms. The van der Waals surface area contributed by atoms with Crippen molar-refractivity contribution in [1.82, 2.24) is 4.57 Å². The van der Waals surface area contributed by atoms with Crippen LogP contribution < -0.4 is 16.6 Å². The van der Waals surface area contributed by atoms with Crippen LogP contribution in [-0.2, 0) is 9.59 Å². The number of hydrogen-bond donors (Lipinski definition) is 2. The summed E-state index contributed by atoms with van der Waals surface area (Å²) < 4.78 is 1.32. The third-order valence-electron chi connectivity index (χ3n) is 6.08. The highest BCUT2D eigenvalue weighted by Crippen LogP contribution is 2.30. The number of amides is 2. The number of carbonyl (C=O) groups excluding carboxylic acids is 2. The molecule has 2 atom stereocenters. The van der Waals surface area contributed by atoms with Crippen LogP contribution in [0, 0.1) is 11.8 Å². The highest BCUT2D eigenvalue weighted by atomic mass is 16.2. The summed E-state index contributed by atoms with van der Waals surface area (Å²) in [5, 5.41) is 4.14. The molecule has 0 saturated heterocycles. The summed E-state index contributed by atoms with van der Waals surface area (Å²) in [4.78, 5) is 37.1. The van der Waals surface area contributed by atoms with Crippen LogP contribution in [-0.4, -0.2) is 16.4 Å². The lowest BCUT2D eigenvalue weighted by molar-refractivity contribution is -0.121. The minimum Gasteiger partial charge on any atom is -0.368 e. The average molecular weight is 383 g/mol. The first-order chi connectivity index (χ1) is 13.4. The number of fused-ring (bicyclic) bond motifs is 1. The number of nitrogens with zero attached hydrogens (tertiary/aromatic N) is 1. The molecule has 1 aliphatic rings. The molecule has 6 nitrogen and oxygen atoms in total. The normalized spacial score (nSPS) is 17.6. The van der Waals surface area contributed by atoms with Crippen LogP contribution in [0.25, 0.3) is 10.8 Å². The molecule has 1 aliphatic carbocycles. The molecular weight excluding hydrogens is 354 g/mol. The second-order valence-corrected chi connectivity index (χ2v) is 7.90. The van der Waals surface area contributed by atoms with Gasteiger partial charge in [0.25, 0.3) is 5.56 Å². The maximum Gasteiger partial charge on any atom is 0.259 e. The minimum absolute atomic E-state index is 0.00548. The summed E-state index contributed by atoms with van der Waals surface area (Å²) in [6, 6.07) is 6.27. The molecule has 0 aliphatic heterocycles. The van der Waals surface area contributed by atoms with E-state index >= 15 is 0 Å². The number of hydrogen-bond acceptors (Lipinski definition) is 3. The summed E-state index contributed by atoms with van der Waals surface area (Å²) in [6.07, 6.45) is 8.64. The van der Waals surface area contributed by atoms with E-state index in [2.05, 4.69) is 5.32 Å². The third kappa shape index (κ3) is 4.11. The molecule has 1 fully saturated rings. The highest BCUT2D eigenvalue weighted by molar-refractivity contribution is 6.02. The van der Waals surface area contributed by atoms with Gasteiger partial charge in [0.1, 0.15) is 6.04 Å². The van der Waals surface area contributed by atoms with E-state index in [1.54, 1.807) is 37.4 Å². The third-order valence-corrected chi connectivity index (χ3v) is 6.08. The van der Waals surface area contributed by atoms with Gasteiger partial charge < -0.3 is 15.6 Å². The van der Waals surface area contributed by atoms with Gasteiger partial charge in [0.05, 0.1) is 0 Å². The van der Waals surface area contributed by atoms with Crippen molar-refractivity contribution in [2.45, 2.75) is 58.4 Å². The molecule has 1 heterocycles. The Hall–Kier alpha value is -2.63. The van der Waals surface area contributed by atoms with Crippen molar-refractivity contribution in [2.24, 2.45) is 17.6 Å². The molecule has 150 valence electrons. The van der Waals surface area contributed by atoms with Crippen molar-refractivity contribution in [3.63, 3.8) is 0 Å². The van der Waals surface area contributed by atoms with E-state index < -0.39 is 11.9 Å². The highest BCUT2D eigenvalue weighted by Gasteiger charge is 2.25. The van der Waals surface area contributed by atoms with Crippen molar-refractivity contribution in [1.29, 1.82) is 0 Å². The molecule has 6 heteroatoms. The predicted octanol–water partition coefficient (Wildman–Crippen LogP) is 3.59. The van der Waals surface area contributed by atoms with Crippen molar-refractivity contribution in [3.05, 3.63) is 40.8 Å². The molecule has 1 aromatic heterocycles. The van der Waals surface area contributed by atoms with Gasteiger partial charge in [-0.05, 0) is 43.9 Å². The first-order valence-corrected chi connectivity index (χ1v) is 10.1. The summed E-state index contributed by atoms with van der Waals surface area (Å²) >= 11 is 0. The maximum atomic E-state index is 12.9. The number of benzene rings is 1. The van der Waals surface area contributed by atoms with E-state index in [-0.39, 0.29) is 17.4 Å². The lowest BCUT2D eigenvalue weighted by Gasteiger charge is -2.22. The lowest BCUT2D eigenvalue weighted by Crippen LogP contribution is -2.32. The molecule has 0 radical (unpaired) electrons. The van der Waals surface area contributed by atoms with Crippen LogP contribution in [0.15, 0.2) is 35.3 Å². The Bertz CT molecular complexity index is 926. The molecule has 3 N–H and O–H groups in total. The summed E-state index contributed by atoms with van der Waals surface area (Å²) in [6.45, 7) is 3.59. The van der Waals surface area contributed by atoms with Gasteiger partial charge >= 0.3 is 0 Å². The molecule has 1 aromatic carbocycles. The smallest absolute Gasteiger partial charge is 0.259 e. The minimum atomic E-state index is -0.731. The Kier molecular flexibility index (Phi) is 6.17. The fourth-order valence-corrected chi connectivity index (χ4v) is 4.12. The van der Waals surface area contributed by atoms with E-state index in [9.17, 15) is 14.4 Å². The van der Waals surface area contributed by atoms with Crippen molar-refractivity contribution in [2.75, 3.05) is 5.32 Å². The molecule has 2 amide bonds. The Morgan fingerprint density at radius 2 is 1.75 bits per heavy atom. The Balaban J connectivity index is 1.87. The van der Waals surface area contributed by atoms with Crippen LogP contribution in [0.5, 0.6) is 0 Å². The monoisotopic (exact) mass is 383 g/mol. The van der Waals surface area contributed by atoms with Crippen molar-refractivity contribution >= 4 is 28.3 Å². The van der Waals surface area contributed by atoms with E-state index in [4.69, 9.17) is 5.73 Å². The standard InChI is InChI=1S/C22H29N3O3/c1-14(16-8-5-3-4-6-9-16)21(27)24-19-11-7-10-18-17(19)12-13-25(22(18)28)15(2)20(23)26/h7,10-16H,3-6,8-9H2,1-2H3,(H2,23,26)(H,24,27)/t14?,15-/m1/s1. The number of aromatic nitrogens is 1. The summed E-state index contributed by atoms with van der Waals surface area (Å²) in [5.74, 6) is -0.230. The first-order valence-electron chi connectivity index (χ1n) is 10.1. The van der Waals surface area contributed by atoms with Gasteiger partial charge in [-0.1, -0.05) is 38.7 Å². The lowest BCUT2D eigenvalue weighted by atomic mass is 9.87. The van der Waals surface area contributed by atoms with Crippen LogP contribution >= 0.6 is 0 Å². The molecule has 2 aromatic rings. The largest absolute Gasteiger partial charge is 0.368 e. The maximum absolute atomic E-state index is 12.9. The summed E-state index contributed by atoms with van der Waals surface area (Å²) in [7, 11) is 0. The fraction of sp³-hybridized carbons (Fsp3) is 0.500. The Morgan fingerprint density at radius 1 is 1.07 bits per heavy atom. The molecule has 1 unspecified atom stereocenters. The van der Waals surface area contributed by atoms with E-state index in [1.165, 1.54) is 30.3 Å². The second-order valence-electron chi connectivity index (χ2n) is 7.90. The number of nitrogens with one attached hydrogen (secondary N) is 1. The van der Waals surface area contributed by atoms with Gasteiger partial charge in [0, 0.05) is 28.6 Å². The molecule has 0 spiro atoms. The Labute approximate surface area is 165 Å². The first kappa shape index (κ1) is 20.1. The zero-order chi connectivity index (χ0) is 20.3. The molecule has 1 saturated carbocycles. The molecule has 3 rings (SSSR count). The number of pyridine rings is 1. The summed E-state index contributed by atoms with van der Waals surface area (Å²) in [5.41, 5.74) is 5.67. The SMILES string of the molecule is CC(C(=O)Nc1cccc2c(=O)n([C@H](C)C(N)=O)ccc12)C1CCCCCC1. The zero-order valence-corrected chi connectivity index (χ0v) is 16.6. The van der Waals surface area contributed by atoms with Crippen LogP contribution in [0.1, 0.15) is 58.4 Å². The van der Waals surface area contributed by atoms with Crippen molar-refractivity contribution in [3.8, 4) is 0 Å². The Morgan fingerprint density at radius 3 is 2.39 bits per heavy atom. The van der Waals surface area contributed by atoms with E-state index in [0.717, 1.165) is 12.8 Å². The predicted molar refractivity (Wildman–Crippen MR) is 111 cm³/mol. The number of nitrogens with two attached hydrogens (primary N) is 1. The van der Waals surface area contributed by atoms with Gasteiger partial charge in [-0.15, -0.1) is 0 Å². The molecular formula is C22H29N3O3. The number of primary amides is 1. The van der Waals surface area contributed by atoms with E-state index in [0.29, 0.717) is 22.4 Å². The van der Waals surface area contributed by atoms with Gasteiger partial charge in [-0.3, -0.25) is 14.4 Å². The second kappa shape index (κ2) is 8.59. The van der Waals surface area contributed by atoms with Crippen LogP contribution in [0.2, 0.25) is 0 Å². The number of carbonyl (C=O) groups is 2. The van der Waals surface area contributed by atoms with Gasteiger partial charge in [0.15, 0.2) is 0 Å². The topological polar surface area (TPSA) is 94.2 Å². The van der Waals surface area contributed by atoms with Crippen LogP contribution in [0.4, 0.5) is 5.69 Å². The zero-order valence-electron chi connectivity index (χ0n) is 16.6.